The van der Waals surface area contributed by atoms with E-state index in [0.29, 0.717) is 32.8 Å². The number of H-pyrrole nitrogens is 1. The van der Waals surface area contributed by atoms with Crippen LogP contribution in [0.15, 0.2) is 47.5 Å². The van der Waals surface area contributed by atoms with Crippen LogP contribution in [-0.4, -0.2) is 86.0 Å². The van der Waals surface area contributed by atoms with Crippen molar-refractivity contribution in [1.29, 1.82) is 0 Å². The quantitative estimate of drug-likeness (QED) is 0.646. The van der Waals surface area contributed by atoms with Gasteiger partial charge >= 0.3 is 0 Å². The van der Waals surface area contributed by atoms with Gasteiger partial charge in [0.2, 0.25) is 10.0 Å². The predicted molar refractivity (Wildman–Crippen MR) is 121 cm³/mol. The van der Waals surface area contributed by atoms with Crippen molar-refractivity contribution in [3.05, 3.63) is 53.9 Å². The maximum atomic E-state index is 12.8. The molecule has 0 radical (unpaired) electrons. The number of sulfonamides is 1. The second kappa shape index (κ2) is 10.2. The van der Waals surface area contributed by atoms with Gasteiger partial charge < -0.3 is 15.0 Å². The minimum Gasteiger partial charge on any atom is -0.379 e. The zero-order valence-corrected chi connectivity index (χ0v) is 19.0. The number of nitrogens with zero attached hydrogens (tertiary/aromatic N) is 2. The van der Waals surface area contributed by atoms with E-state index in [2.05, 4.69) is 27.3 Å². The van der Waals surface area contributed by atoms with Gasteiger partial charge in [0.25, 0.3) is 5.91 Å². The summed E-state index contributed by atoms with van der Waals surface area (Å²) >= 11 is 1.75. The van der Waals surface area contributed by atoms with E-state index >= 15 is 0 Å². The van der Waals surface area contributed by atoms with Gasteiger partial charge in [-0.25, -0.2) is 8.42 Å². The minimum atomic E-state index is -3.58. The van der Waals surface area contributed by atoms with E-state index in [1.807, 2.05) is 18.2 Å². The fourth-order valence-corrected chi connectivity index (χ4v) is 6.47. The lowest BCUT2D eigenvalue weighted by atomic mass is 10.0. The summed E-state index contributed by atoms with van der Waals surface area (Å²) in [4.78, 5) is 18.1. The van der Waals surface area contributed by atoms with Crippen molar-refractivity contribution in [2.75, 3.05) is 57.4 Å². The number of thioether (sulfide) groups is 1. The van der Waals surface area contributed by atoms with E-state index in [0.717, 1.165) is 30.2 Å². The molecule has 168 valence electrons. The van der Waals surface area contributed by atoms with Crippen LogP contribution in [0.5, 0.6) is 0 Å². The van der Waals surface area contributed by atoms with Crippen LogP contribution in [0.3, 0.4) is 0 Å². The Bertz CT molecular complexity index is 968. The molecule has 2 aliphatic rings. The van der Waals surface area contributed by atoms with Crippen LogP contribution < -0.4 is 5.32 Å². The number of aromatic amines is 1. The van der Waals surface area contributed by atoms with Crippen LogP contribution in [-0.2, 0) is 14.8 Å². The standard InChI is InChI=1S/C21H28N4O4S2/c26-21(19-14-18(15-22-19)31(27,28)25-8-12-30-13-9-25)23-16-20(17-4-2-1-3-5-17)24-6-10-29-11-7-24/h1-5,14-15,20,22H,6-13,16H2,(H,23,26). The van der Waals surface area contributed by atoms with Gasteiger partial charge in [-0.1, -0.05) is 30.3 Å². The fourth-order valence-electron chi connectivity index (χ4n) is 3.90. The lowest BCUT2D eigenvalue weighted by Gasteiger charge is -2.34. The van der Waals surface area contributed by atoms with Crippen molar-refractivity contribution in [3.63, 3.8) is 0 Å². The van der Waals surface area contributed by atoms with Crippen LogP contribution in [0.1, 0.15) is 22.1 Å². The topological polar surface area (TPSA) is 94.7 Å². The Morgan fingerprint density at radius 3 is 2.55 bits per heavy atom. The highest BCUT2D eigenvalue weighted by molar-refractivity contribution is 7.99. The van der Waals surface area contributed by atoms with Crippen molar-refractivity contribution in [2.45, 2.75) is 10.9 Å². The average Bonchev–Trinajstić information content (AvgIpc) is 3.33. The molecule has 31 heavy (non-hydrogen) atoms. The first-order valence-electron chi connectivity index (χ1n) is 10.5. The van der Waals surface area contributed by atoms with E-state index in [1.165, 1.54) is 16.6 Å². The van der Waals surface area contributed by atoms with E-state index < -0.39 is 10.0 Å². The average molecular weight is 465 g/mol. The smallest absolute Gasteiger partial charge is 0.267 e. The van der Waals surface area contributed by atoms with Crippen molar-refractivity contribution in [1.82, 2.24) is 19.5 Å². The summed E-state index contributed by atoms with van der Waals surface area (Å²) < 4.78 is 32.6. The molecule has 1 aromatic carbocycles. The van der Waals surface area contributed by atoms with Gasteiger partial charge in [0.05, 0.1) is 19.3 Å². The molecule has 1 amide bonds. The van der Waals surface area contributed by atoms with Gasteiger partial charge in [0, 0.05) is 50.4 Å². The highest BCUT2D eigenvalue weighted by Gasteiger charge is 2.28. The molecule has 10 heteroatoms. The number of nitrogens with one attached hydrogen (secondary N) is 2. The van der Waals surface area contributed by atoms with E-state index in [4.69, 9.17) is 4.74 Å². The van der Waals surface area contributed by atoms with Crippen molar-refractivity contribution >= 4 is 27.7 Å². The molecule has 1 unspecified atom stereocenters. The Labute approximate surface area is 187 Å². The van der Waals surface area contributed by atoms with Crippen LogP contribution in [0.2, 0.25) is 0 Å². The summed E-state index contributed by atoms with van der Waals surface area (Å²) in [6.45, 7) is 4.36. The second-order valence-corrected chi connectivity index (χ2v) is 10.7. The Hall–Kier alpha value is -1.85. The lowest BCUT2D eigenvalue weighted by molar-refractivity contribution is 0.0162. The first-order valence-corrected chi connectivity index (χ1v) is 13.1. The number of hydrogen-bond donors (Lipinski definition) is 2. The monoisotopic (exact) mass is 464 g/mol. The minimum absolute atomic E-state index is 0.0260. The number of rotatable bonds is 7. The van der Waals surface area contributed by atoms with Gasteiger partial charge in [-0.3, -0.25) is 9.69 Å². The highest BCUT2D eigenvalue weighted by atomic mass is 32.2. The van der Waals surface area contributed by atoms with E-state index in [1.54, 1.807) is 11.8 Å². The van der Waals surface area contributed by atoms with Gasteiger partial charge in [-0.2, -0.15) is 16.1 Å². The Balaban J connectivity index is 1.43. The summed E-state index contributed by atoms with van der Waals surface area (Å²) in [5, 5.41) is 2.97. The fraction of sp³-hybridized carbons (Fsp3) is 0.476. The third kappa shape index (κ3) is 5.32. The van der Waals surface area contributed by atoms with Crippen LogP contribution >= 0.6 is 11.8 Å². The number of carbonyl (C=O) groups is 1. The third-order valence-electron chi connectivity index (χ3n) is 5.64. The number of ether oxygens (including phenoxy) is 1. The molecule has 8 nitrogen and oxygen atoms in total. The maximum absolute atomic E-state index is 12.8. The van der Waals surface area contributed by atoms with Crippen molar-refractivity contribution in [3.8, 4) is 0 Å². The van der Waals surface area contributed by atoms with Gasteiger partial charge in [0.15, 0.2) is 0 Å². The molecule has 2 aliphatic heterocycles. The van der Waals surface area contributed by atoms with Crippen LogP contribution in [0.25, 0.3) is 0 Å². The third-order valence-corrected chi connectivity index (χ3v) is 8.45. The maximum Gasteiger partial charge on any atom is 0.267 e. The molecule has 1 atom stereocenters. The largest absolute Gasteiger partial charge is 0.379 e. The molecule has 0 spiro atoms. The molecule has 2 aromatic rings. The molecule has 2 saturated heterocycles. The van der Waals surface area contributed by atoms with Crippen molar-refractivity contribution in [2.24, 2.45) is 0 Å². The van der Waals surface area contributed by atoms with Gasteiger partial charge in [-0.15, -0.1) is 0 Å². The SMILES string of the molecule is O=C(NCC(c1ccccc1)N1CCOCC1)c1cc(S(=O)(=O)N2CCSCC2)c[nH]1. The number of carbonyl (C=O) groups excluding carboxylic acids is 1. The van der Waals surface area contributed by atoms with Crippen molar-refractivity contribution < 1.29 is 17.9 Å². The lowest BCUT2D eigenvalue weighted by Crippen LogP contribution is -2.43. The Morgan fingerprint density at radius 2 is 1.84 bits per heavy atom. The Morgan fingerprint density at radius 1 is 1.13 bits per heavy atom. The summed E-state index contributed by atoms with van der Waals surface area (Å²) in [5.41, 5.74) is 1.38. The molecule has 0 saturated carbocycles. The molecule has 1 aromatic heterocycles. The predicted octanol–water partition coefficient (Wildman–Crippen LogP) is 1.56. The molecule has 4 rings (SSSR count). The Kier molecular flexibility index (Phi) is 7.34. The van der Waals surface area contributed by atoms with Crippen LogP contribution in [0, 0.1) is 0 Å². The number of aromatic nitrogens is 1. The first-order chi connectivity index (χ1) is 15.1. The molecule has 2 N–H and O–H groups in total. The summed E-state index contributed by atoms with van der Waals surface area (Å²) in [5.74, 6) is 1.27. The van der Waals surface area contributed by atoms with Gasteiger partial charge in [0.1, 0.15) is 10.6 Å². The zero-order chi connectivity index (χ0) is 21.7. The molecule has 0 aliphatic carbocycles. The summed E-state index contributed by atoms with van der Waals surface area (Å²) in [6.07, 6.45) is 1.41. The van der Waals surface area contributed by atoms with E-state index in [-0.39, 0.29) is 22.5 Å². The number of hydrogen-bond acceptors (Lipinski definition) is 6. The molecule has 2 fully saturated rings. The summed E-state index contributed by atoms with van der Waals surface area (Å²) in [7, 11) is -3.58. The summed E-state index contributed by atoms with van der Waals surface area (Å²) in [6, 6.07) is 11.5. The van der Waals surface area contributed by atoms with Crippen LogP contribution in [0.4, 0.5) is 0 Å². The van der Waals surface area contributed by atoms with Gasteiger partial charge in [-0.05, 0) is 11.6 Å². The molecule has 0 bridgehead atoms. The molecule has 3 heterocycles. The highest BCUT2D eigenvalue weighted by Crippen LogP contribution is 2.23. The normalized spacial score (nSPS) is 19.7. The number of morpholine rings is 1. The van der Waals surface area contributed by atoms with E-state index in [9.17, 15) is 13.2 Å². The first kappa shape index (κ1) is 22.3. The molecular weight excluding hydrogens is 436 g/mol. The molecular formula is C21H28N4O4S2. The number of amides is 1. The second-order valence-electron chi connectivity index (χ2n) is 7.55. The zero-order valence-electron chi connectivity index (χ0n) is 17.3. The number of benzene rings is 1.